The van der Waals surface area contributed by atoms with Gasteiger partial charge in [0.2, 0.25) is 0 Å². The van der Waals surface area contributed by atoms with E-state index in [2.05, 4.69) is 0 Å². The van der Waals surface area contributed by atoms with Crippen molar-refractivity contribution in [3.05, 3.63) is 22.4 Å². The fourth-order valence-electron chi connectivity index (χ4n) is 0.949. The van der Waals surface area contributed by atoms with Crippen LogP contribution in [0.4, 0.5) is 0 Å². The first-order valence-corrected chi connectivity index (χ1v) is 6.82. The van der Waals surface area contributed by atoms with Crippen LogP contribution in [-0.2, 0) is 9.84 Å². The molecular weight excluding hydrogens is 208 g/mol. The minimum Gasteiger partial charge on any atom is -0.388 e. The quantitative estimate of drug-likeness (QED) is 0.830. The molecule has 5 heteroatoms. The Morgan fingerprint density at radius 2 is 2.31 bits per heavy atom. The summed E-state index contributed by atoms with van der Waals surface area (Å²) in [5.74, 6) is 0.0338. The van der Waals surface area contributed by atoms with Crippen molar-refractivity contribution in [3.63, 3.8) is 0 Å². The maximum Gasteiger partial charge on any atom is 0.147 e. The molecule has 74 valence electrons. The second-order valence-electron chi connectivity index (χ2n) is 2.95. The third kappa shape index (κ3) is 3.89. The summed E-state index contributed by atoms with van der Waals surface area (Å²) in [7, 11) is -2.97. The molecule has 1 N–H and O–H groups in total. The van der Waals surface area contributed by atoms with Gasteiger partial charge in [-0.25, -0.2) is 8.42 Å². The molecule has 3 nitrogen and oxygen atoms in total. The zero-order valence-corrected chi connectivity index (χ0v) is 8.94. The minimum atomic E-state index is -2.97. The van der Waals surface area contributed by atoms with E-state index >= 15 is 0 Å². The Morgan fingerprint density at radius 1 is 1.62 bits per heavy atom. The van der Waals surface area contributed by atoms with Crippen molar-refractivity contribution in [2.24, 2.45) is 0 Å². The lowest BCUT2D eigenvalue weighted by atomic mass is 10.2. The van der Waals surface area contributed by atoms with Gasteiger partial charge in [-0.3, -0.25) is 0 Å². The van der Waals surface area contributed by atoms with Gasteiger partial charge in [0, 0.05) is 11.1 Å². The molecule has 0 amide bonds. The van der Waals surface area contributed by atoms with Gasteiger partial charge in [-0.2, -0.15) is 0 Å². The molecule has 0 aliphatic heterocycles. The van der Waals surface area contributed by atoms with Gasteiger partial charge in [-0.05, 0) is 17.9 Å². The molecule has 1 rings (SSSR count). The number of hydrogen-bond acceptors (Lipinski definition) is 4. The Hall–Kier alpha value is -0.390. The smallest absolute Gasteiger partial charge is 0.147 e. The van der Waals surface area contributed by atoms with Crippen molar-refractivity contribution in [2.75, 3.05) is 12.0 Å². The molecule has 13 heavy (non-hydrogen) atoms. The number of aliphatic hydroxyl groups excluding tert-OH is 1. The summed E-state index contributed by atoms with van der Waals surface area (Å²) in [6.07, 6.45) is 0.808. The van der Waals surface area contributed by atoms with Crippen LogP contribution in [0.1, 0.15) is 17.4 Å². The van der Waals surface area contributed by atoms with E-state index in [1.165, 1.54) is 17.6 Å². The summed E-state index contributed by atoms with van der Waals surface area (Å²) in [6.45, 7) is 0. The van der Waals surface area contributed by atoms with E-state index in [4.69, 9.17) is 0 Å². The van der Waals surface area contributed by atoms with E-state index in [9.17, 15) is 13.5 Å². The second kappa shape index (κ2) is 4.21. The first kappa shape index (κ1) is 10.7. The fraction of sp³-hybridized carbons (Fsp3) is 0.500. The maximum atomic E-state index is 10.8. The van der Waals surface area contributed by atoms with Crippen molar-refractivity contribution >= 4 is 21.2 Å². The van der Waals surface area contributed by atoms with E-state index in [-0.39, 0.29) is 12.2 Å². The van der Waals surface area contributed by atoms with Crippen LogP contribution in [0.15, 0.2) is 17.5 Å². The van der Waals surface area contributed by atoms with E-state index in [1.807, 2.05) is 11.4 Å². The Kier molecular flexibility index (Phi) is 3.47. The van der Waals surface area contributed by atoms with Crippen molar-refractivity contribution in [1.82, 2.24) is 0 Å². The number of rotatable bonds is 4. The fourth-order valence-corrected chi connectivity index (χ4v) is 2.35. The monoisotopic (exact) mass is 220 g/mol. The minimum absolute atomic E-state index is 0.0338. The SMILES string of the molecule is CS(=O)(=O)CC[C@@H](O)c1cccs1. The van der Waals surface area contributed by atoms with Crippen LogP contribution < -0.4 is 0 Å². The standard InChI is InChI=1S/C8H12O3S2/c1-13(10,11)6-4-7(9)8-3-2-5-12-8/h2-3,5,7,9H,4,6H2,1H3/t7-/m1/s1. The van der Waals surface area contributed by atoms with Gasteiger partial charge in [0.15, 0.2) is 0 Å². The number of thiophene rings is 1. The maximum absolute atomic E-state index is 10.8. The molecule has 0 unspecified atom stereocenters. The number of aliphatic hydroxyl groups is 1. The molecule has 0 aliphatic rings. The normalized spacial score (nSPS) is 14.3. The Labute approximate surface area is 82.0 Å². The first-order chi connectivity index (χ1) is 5.99. The van der Waals surface area contributed by atoms with Crippen LogP contribution in [0.5, 0.6) is 0 Å². The topological polar surface area (TPSA) is 54.4 Å². The van der Waals surface area contributed by atoms with Crippen LogP contribution >= 0.6 is 11.3 Å². The highest BCUT2D eigenvalue weighted by Gasteiger charge is 2.11. The zero-order chi connectivity index (χ0) is 9.90. The Morgan fingerprint density at radius 3 is 2.77 bits per heavy atom. The van der Waals surface area contributed by atoms with Crippen molar-refractivity contribution in [3.8, 4) is 0 Å². The van der Waals surface area contributed by atoms with Crippen molar-refractivity contribution < 1.29 is 13.5 Å². The van der Waals surface area contributed by atoms with Gasteiger partial charge in [-0.15, -0.1) is 11.3 Å². The van der Waals surface area contributed by atoms with Gasteiger partial charge in [0.05, 0.1) is 11.9 Å². The highest BCUT2D eigenvalue weighted by Crippen LogP contribution is 2.21. The predicted octanol–water partition coefficient (Wildman–Crippen LogP) is 1.22. The number of hydrogen-bond donors (Lipinski definition) is 1. The highest BCUT2D eigenvalue weighted by atomic mass is 32.2. The Bertz CT molecular complexity index is 339. The van der Waals surface area contributed by atoms with Crippen LogP contribution in [0.25, 0.3) is 0 Å². The van der Waals surface area contributed by atoms with E-state index in [0.29, 0.717) is 0 Å². The molecular formula is C8H12O3S2. The molecule has 0 spiro atoms. The van der Waals surface area contributed by atoms with E-state index in [1.54, 1.807) is 6.07 Å². The average Bonchev–Trinajstić information content (AvgIpc) is 2.50. The second-order valence-corrected chi connectivity index (χ2v) is 6.19. The van der Waals surface area contributed by atoms with Gasteiger partial charge < -0.3 is 5.11 Å². The molecule has 0 saturated carbocycles. The molecule has 0 saturated heterocycles. The van der Waals surface area contributed by atoms with Crippen LogP contribution in [0.3, 0.4) is 0 Å². The summed E-state index contributed by atoms with van der Waals surface area (Å²) >= 11 is 1.44. The predicted molar refractivity (Wildman–Crippen MR) is 53.6 cm³/mol. The summed E-state index contributed by atoms with van der Waals surface area (Å²) in [5, 5.41) is 11.4. The Balaban J connectivity index is 2.48. The van der Waals surface area contributed by atoms with Gasteiger partial charge in [0.25, 0.3) is 0 Å². The van der Waals surface area contributed by atoms with E-state index in [0.717, 1.165) is 4.88 Å². The summed E-state index contributed by atoms with van der Waals surface area (Å²) in [6, 6.07) is 3.64. The van der Waals surface area contributed by atoms with Gasteiger partial charge in [-0.1, -0.05) is 6.07 Å². The zero-order valence-electron chi connectivity index (χ0n) is 7.30. The molecule has 0 fully saturated rings. The molecule has 1 heterocycles. The molecule has 1 atom stereocenters. The van der Waals surface area contributed by atoms with Gasteiger partial charge >= 0.3 is 0 Å². The van der Waals surface area contributed by atoms with Crippen molar-refractivity contribution in [1.29, 1.82) is 0 Å². The molecule has 1 aromatic heterocycles. The molecule has 0 radical (unpaired) electrons. The van der Waals surface area contributed by atoms with Crippen LogP contribution in [0, 0.1) is 0 Å². The number of sulfone groups is 1. The van der Waals surface area contributed by atoms with Gasteiger partial charge in [0.1, 0.15) is 9.84 Å². The largest absolute Gasteiger partial charge is 0.388 e. The van der Waals surface area contributed by atoms with Crippen LogP contribution in [-0.4, -0.2) is 25.5 Å². The lowest BCUT2D eigenvalue weighted by molar-refractivity contribution is 0.178. The summed E-state index contributed by atoms with van der Waals surface area (Å²) in [5.41, 5.74) is 0. The lowest BCUT2D eigenvalue weighted by Crippen LogP contribution is -2.07. The summed E-state index contributed by atoms with van der Waals surface area (Å²) in [4.78, 5) is 0.823. The highest BCUT2D eigenvalue weighted by molar-refractivity contribution is 7.90. The average molecular weight is 220 g/mol. The molecule has 0 aliphatic carbocycles. The third-order valence-electron chi connectivity index (χ3n) is 1.63. The lowest BCUT2D eigenvalue weighted by Gasteiger charge is -2.06. The first-order valence-electron chi connectivity index (χ1n) is 3.88. The third-order valence-corrected chi connectivity index (χ3v) is 3.58. The van der Waals surface area contributed by atoms with E-state index < -0.39 is 15.9 Å². The summed E-state index contributed by atoms with van der Waals surface area (Å²) < 4.78 is 21.6. The van der Waals surface area contributed by atoms with Crippen molar-refractivity contribution in [2.45, 2.75) is 12.5 Å². The molecule has 0 aromatic carbocycles. The molecule has 0 bridgehead atoms. The van der Waals surface area contributed by atoms with Crippen LogP contribution in [0.2, 0.25) is 0 Å². The molecule has 1 aromatic rings.